The average molecular weight is 231 g/mol. The highest BCUT2D eigenvalue weighted by Gasteiger charge is 2.10. The lowest BCUT2D eigenvalue weighted by atomic mass is 10.1. The predicted molar refractivity (Wildman–Crippen MR) is 66.6 cm³/mol. The molecule has 82 valence electrons. The van der Waals surface area contributed by atoms with Gasteiger partial charge in [0.2, 0.25) is 0 Å². The molecule has 0 bridgehead atoms. The Labute approximate surface area is 98.9 Å². The number of amides is 1. The molecule has 0 saturated carbocycles. The molecule has 2 aromatic rings. The van der Waals surface area contributed by atoms with Crippen LogP contribution in [-0.4, -0.2) is 5.91 Å². The zero-order valence-corrected chi connectivity index (χ0v) is 9.83. The van der Waals surface area contributed by atoms with E-state index in [1.54, 1.807) is 0 Å². The van der Waals surface area contributed by atoms with Gasteiger partial charge in [0.1, 0.15) is 0 Å². The highest BCUT2D eigenvalue weighted by atomic mass is 32.1. The van der Waals surface area contributed by atoms with E-state index >= 15 is 0 Å². The van der Waals surface area contributed by atoms with Gasteiger partial charge >= 0.3 is 0 Å². The van der Waals surface area contributed by atoms with Crippen molar-refractivity contribution in [1.82, 2.24) is 5.32 Å². The van der Waals surface area contributed by atoms with Gasteiger partial charge in [-0.3, -0.25) is 4.79 Å². The molecule has 0 spiro atoms. The van der Waals surface area contributed by atoms with Gasteiger partial charge in [-0.05, 0) is 23.9 Å². The zero-order valence-electron chi connectivity index (χ0n) is 9.01. The first-order valence-corrected chi connectivity index (χ1v) is 6.09. The molecule has 1 aromatic heterocycles. The number of thiophene rings is 1. The van der Waals surface area contributed by atoms with Crippen LogP contribution in [0, 0.1) is 0 Å². The third-order valence-electron chi connectivity index (χ3n) is 2.43. The molecule has 1 aromatic carbocycles. The lowest BCUT2D eigenvalue weighted by molar-refractivity contribution is 0.0940. The number of hydrogen-bond donors (Lipinski definition) is 1. The molecule has 1 atom stereocenters. The summed E-state index contributed by atoms with van der Waals surface area (Å²) in [5.41, 5.74) is 1.85. The van der Waals surface area contributed by atoms with Gasteiger partial charge in [-0.2, -0.15) is 11.3 Å². The maximum Gasteiger partial charge on any atom is 0.252 e. The SMILES string of the molecule is C[C@H](NC(=O)c1ccsc1)c1ccccc1. The molecule has 16 heavy (non-hydrogen) atoms. The zero-order chi connectivity index (χ0) is 11.4. The summed E-state index contributed by atoms with van der Waals surface area (Å²) in [6.07, 6.45) is 0. The number of carbonyl (C=O) groups is 1. The van der Waals surface area contributed by atoms with Gasteiger partial charge in [0.15, 0.2) is 0 Å². The van der Waals surface area contributed by atoms with Gasteiger partial charge < -0.3 is 5.32 Å². The van der Waals surface area contributed by atoms with Crippen molar-refractivity contribution < 1.29 is 4.79 Å². The van der Waals surface area contributed by atoms with Crippen LogP contribution in [-0.2, 0) is 0 Å². The number of nitrogens with one attached hydrogen (secondary N) is 1. The minimum absolute atomic E-state index is 0.0161. The second-order valence-corrected chi connectivity index (χ2v) is 4.40. The van der Waals surface area contributed by atoms with Crippen molar-refractivity contribution in [2.24, 2.45) is 0 Å². The van der Waals surface area contributed by atoms with E-state index in [0.29, 0.717) is 0 Å². The first kappa shape index (κ1) is 10.9. The van der Waals surface area contributed by atoms with Gasteiger partial charge in [0, 0.05) is 5.38 Å². The Morgan fingerprint density at radius 3 is 2.62 bits per heavy atom. The molecule has 1 N–H and O–H groups in total. The quantitative estimate of drug-likeness (QED) is 0.863. The van der Waals surface area contributed by atoms with E-state index in [1.807, 2.05) is 54.1 Å². The minimum atomic E-state index is -0.0161. The molecule has 1 amide bonds. The highest BCUT2D eigenvalue weighted by Crippen LogP contribution is 2.13. The van der Waals surface area contributed by atoms with Gasteiger partial charge in [-0.25, -0.2) is 0 Å². The van der Waals surface area contributed by atoms with Crippen LogP contribution in [0.25, 0.3) is 0 Å². The molecular weight excluding hydrogens is 218 g/mol. The maximum absolute atomic E-state index is 11.8. The van der Waals surface area contributed by atoms with Gasteiger partial charge in [-0.15, -0.1) is 0 Å². The Bertz CT molecular complexity index is 450. The molecule has 2 nitrogen and oxygen atoms in total. The fourth-order valence-corrected chi connectivity index (χ4v) is 2.13. The van der Waals surface area contributed by atoms with Gasteiger partial charge in [-0.1, -0.05) is 30.3 Å². The predicted octanol–water partition coefficient (Wildman–Crippen LogP) is 3.24. The monoisotopic (exact) mass is 231 g/mol. The normalized spacial score (nSPS) is 12.1. The van der Waals surface area contributed by atoms with E-state index in [1.165, 1.54) is 11.3 Å². The van der Waals surface area contributed by atoms with Crippen molar-refractivity contribution in [1.29, 1.82) is 0 Å². The topological polar surface area (TPSA) is 29.1 Å². The summed E-state index contributed by atoms with van der Waals surface area (Å²) in [5.74, 6) is -0.0161. The van der Waals surface area contributed by atoms with Crippen LogP contribution in [0.4, 0.5) is 0 Å². The number of hydrogen-bond acceptors (Lipinski definition) is 2. The fourth-order valence-electron chi connectivity index (χ4n) is 1.50. The van der Waals surface area contributed by atoms with Gasteiger partial charge in [0.25, 0.3) is 5.91 Å². The first-order chi connectivity index (χ1) is 7.77. The summed E-state index contributed by atoms with van der Waals surface area (Å²) in [5, 5.41) is 6.73. The molecule has 2 rings (SSSR count). The van der Waals surface area contributed by atoms with Crippen LogP contribution in [0.5, 0.6) is 0 Å². The van der Waals surface area contributed by atoms with E-state index in [9.17, 15) is 4.79 Å². The standard InChI is InChI=1S/C13H13NOS/c1-10(11-5-3-2-4-6-11)14-13(15)12-7-8-16-9-12/h2-10H,1H3,(H,14,15)/t10-/m0/s1. The lowest BCUT2D eigenvalue weighted by Crippen LogP contribution is -2.26. The summed E-state index contributed by atoms with van der Waals surface area (Å²) in [6, 6.07) is 11.8. The van der Waals surface area contributed by atoms with E-state index < -0.39 is 0 Å². The number of carbonyl (C=O) groups excluding carboxylic acids is 1. The summed E-state index contributed by atoms with van der Waals surface area (Å²) < 4.78 is 0. The van der Waals surface area contributed by atoms with Crippen molar-refractivity contribution in [3.63, 3.8) is 0 Å². The highest BCUT2D eigenvalue weighted by molar-refractivity contribution is 7.08. The summed E-state index contributed by atoms with van der Waals surface area (Å²) in [6.45, 7) is 1.99. The van der Waals surface area contributed by atoms with Crippen molar-refractivity contribution in [3.05, 3.63) is 58.3 Å². The van der Waals surface area contributed by atoms with Crippen molar-refractivity contribution in [2.75, 3.05) is 0 Å². The smallest absolute Gasteiger partial charge is 0.252 e. The molecule has 0 radical (unpaired) electrons. The summed E-state index contributed by atoms with van der Waals surface area (Å²) in [7, 11) is 0. The second kappa shape index (κ2) is 4.94. The molecule has 0 aliphatic carbocycles. The summed E-state index contributed by atoms with van der Waals surface area (Å²) >= 11 is 1.53. The summed E-state index contributed by atoms with van der Waals surface area (Å²) in [4.78, 5) is 11.8. The van der Waals surface area contributed by atoms with Gasteiger partial charge in [0.05, 0.1) is 11.6 Å². The van der Waals surface area contributed by atoms with Crippen LogP contribution < -0.4 is 5.32 Å². The Balaban J connectivity index is 2.03. The van der Waals surface area contributed by atoms with E-state index in [-0.39, 0.29) is 11.9 Å². The molecular formula is C13H13NOS. The van der Waals surface area contributed by atoms with Crippen LogP contribution in [0.3, 0.4) is 0 Å². The van der Waals surface area contributed by atoms with Crippen LogP contribution >= 0.6 is 11.3 Å². The van der Waals surface area contributed by atoms with Crippen molar-refractivity contribution >= 4 is 17.2 Å². The largest absolute Gasteiger partial charge is 0.345 e. The second-order valence-electron chi connectivity index (χ2n) is 3.62. The van der Waals surface area contributed by atoms with E-state index in [0.717, 1.165) is 11.1 Å². The number of benzene rings is 1. The molecule has 0 saturated heterocycles. The third-order valence-corrected chi connectivity index (χ3v) is 3.11. The lowest BCUT2D eigenvalue weighted by Gasteiger charge is -2.13. The Morgan fingerprint density at radius 1 is 1.25 bits per heavy atom. The molecule has 0 unspecified atom stereocenters. The van der Waals surface area contributed by atoms with Crippen molar-refractivity contribution in [3.8, 4) is 0 Å². The molecule has 0 fully saturated rings. The Morgan fingerprint density at radius 2 is 2.00 bits per heavy atom. The van der Waals surface area contributed by atoms with E-state index in [2.05, 4.69) is 5.32 Å². The minimum Gasteiger partial charge on any atom is -0.345 e. The van der Waals surface area contributed by atoms with Crippen LogP contribution in [0.2, 0.25) is 0 Å². The third kappa shape index (κ3) is 2.49. The average Bonchev–Trinajstić information content (AvgIpc) is 2.83. The number of rotatable bonds is 3. The van der Waals surface area contributed by atoms with Crippen molar-refractivity contribution in [2.45, 2.75) is 13.0 Å². The van der Waals surface area contributed by atoms with Crippen LogP contribution in [0.15, 0.2) is 47.2 Å². The fraction of sp³-hybridized carbons (Fsp3) is 0.154. The Kier molecular flexibility index (Phi) is 3.37. The van der Waals surface area contributed by atoms with Crippen LogP contribution in [0.1, 0.15) is 28.9 Å². The Hall–Kier alpha value is -1.61. The molecule has 0 aliphatic rings. The van der Waals surface area contributed by atoms with E-state index in [4.69, 9.17) is 0 Å². The maximum atomic E-state index is 11.8. The first-order valence-electron chi connectivity index (χ1n) is 5.15. The molecule has 1 heterocycles. The molecule has 0 aliphatic heterocycles. The molecule has 3 heteroatoms.